The van der Waals surface area contributed by atoms with Crippen LogP contribution in [0.2, 0.25) is 0 Å². The van der Waals surface area contributed by atoms with E-state index in [1.807, 2.05) is 45.0 Å². The van der Waals surface area contributed by atoms with E-state index in [0.29, 0.717) is 23.4 Å². The zero-order chi connectivity index (χ0) is 21.6. The lowest BCUT2D eigenvalue weighted by atomic mass is 9.87. The predicted molar refractivity (Wildman–Crippen MR) is 118 cm³/mol. The summed E-state index contributed by atoms with van der Waals surface area (Å²) in [6.45, 7) is 12.1. The topological polar surface area (TPSA) is 67.4 Å². The number of hydrogen-bond acceptors (Lipinski definition) is 3. The summed E-state index contributed by atoms with van der Waals surface area (Å²) in [5.74, 6) is 0.144. The molecular weight excluding hydrogens is 364 g/mol. The van der Waals surface area contributed by atoms with Crippen LogP contribution < -0.4 is 15.4 Å². The summed E-state index contributed by atoms with van der Waals surface area (Å²) in [6.07, 6.45) is -0.149. The van der Waals surface area contributed by atoms with Crippen molar-refractivity contribution < 1.29 is 14.3 Å². The minimum absolute atomic E-state index is 0.00838. The van der Waals surface area contributed by atoms with Gasteiger partial charge in [-0.05, 0) is 55.5 Å². The standard InChI is InChI=1S/C24H32N2O3/c1-7-21(29-18-14-12-17(13-15-18)24(4,5)6)23(28)26-20-11-9-8-10-19(20)22(27)25-16(2)3/h8-16,21H,7H2,1-6H3,(H,25,27)(H,26,28)/t21-/m0/s1. The molecule has 0 saturated carbocycles. The average Bonchev–Trinajstić information content (AvgIpc) is 2.65. The summed E-state index contributed by atoms with van der Waals surface area (Å²) in [7, 11) is 0. The van der Waals surface area contributed by atoms with E-state index in [0.717, 1.165) is 0 Å². The molecule has 0 bridgehead atoms. The Morgan fingerprint density at radius 3 is 2.17 bits per heavy atom. The maximum absolute atomic E-state index is 12.8. The molecule has 2 rings (SSSR count). The van der Waals surface area contributed by atoms with Crippen molar-refractivity contribution in [2.75, 3.05) is 5.32 Å². The van der Waals surface area contributed by atoms with E-state index in [1.165, 1.54) is 5.56 Å². The molecule has 2 amide bonds. The molecule has 0 radical (unpaired) electrons. The number of benzene rings is 2. The Balaban J connectivity index is 2.12. The van der Waals surface area contributed by atoms with E-state index < -0.39 is 6.10 Å². The molecule has 5 nitrogen and oxygen atoms in total. The van der Waals surface area contributed by atoms with Crippen LogP contribution in [-0.4, -0.2) is 24.0 Å². The molecule has 2 aromatic carbocycles. The van der Waals surface area contributed by atoms with Crippen LogP contribution >= 0.6 is 0 Å². The molecule has 2 N–H and O–H groups in total. The number of amides is 2. The van der Waals surface area contributed by atoms with Gasteiger partial charge in [0, 0.05) is 6.04 Å². The smallest absolute Gasteiger partial charge is 0.265 e. The lowest BCUT2D eigenvalue weighted by Crippen LogP contribution is -2.34. The lowest BCUT2D eigenvalue weighted by Gasteiger charge is -2.21. The molecular formula is C24H32N2O3. The number of rotatable bonds is 7. The second kappa shape index (κ2) is 9.59. The van der Waals surface area contributed by atoms with Crippen LogP contribution in [0.3, 0.4) is 0 Å². The number of ether oxygens (including phenoxy) is 1. The van der Waals surface area contributed by atoms with Crippen molar-refractivity contribution in [3.63, 3.8) is 0 Å². The Hall–Kier alpha value is -2.82. The summed E-state index contributed by atoms with van der Waals surface area (Å²) in [6, 6.07) is 14.8. The molecule has 156 valence electrons. The van der Waals surface area contributed by atoms with Gasteiger partial charge in [-0.1, -0.05) is 52.0 Å². The second-order valence-electron chi connectivity index (χ2n) is 8.45. The quantitative estimate of drug-likeness (QED) is 0.698. The molecule has 0 aliphatic rings. The van der Waals surface area contributed by atoms with E-state index in [2.05, 4.69) is 31.4 Å². The Morgan fingerprint density at radius 1 is 1.00 bits per heavy atom. The highest BCUT2D eigenvalue weighted by Crippen LogP contribution is 2.25. The molecule has 0 aromatic heterocycles. The van der Waals surface area contributed by atoms with Crippen molar-refractivity contribution in [3.05, 3.63) is 59.7 Å². The van der Waals surface area contributed by atoms with Gasteiger partial charge in [0.1, 0.15) is 5.75 Å². The molecule has 0 heterocycles. The minimum Gasteiger partial charge on any atom is -0.481 e. The summed E-state index contributed by atoms with van der Waals surface area (Å²) >= 11 is 0. The SMILES string of the molecule is CC[C@H](Oc1ccc(C(C)(C)C)cc1)C(=O)Nc1ccccc1C(=O)NC(C)C. The predicted octanol–water partition coefficient (Wildman–Crippen LogP) is 4.92. The first-order valence-corrected chi connectivity index (χ1v) is 10.1. The molecule has 29 heavy (non-hydrogen) atoms. The molecule has 0 spiro atoms. The van der Waals surface area contributed by atoms with Gasteiger partial charge in [-0.3, -0.25) is 9.59 Å². The van der Waals surface area contributed by atoms with Gasteiger partial charge in [0.15, 0.2) is 6.10 Å². The number of para-hydroxylation sites is 1. The van der Waals surface area contributed by atoms with Crippen molar-refractivity contribution in [1.29, 1.82) is 0 Å². The number of hydrogen-bond donors (Lipinski definition) is 2. The van der Waals surface area contributed by atoms with Gasteiger partial charge in [-0.2, -0.15) is 0 Å². The number of nitrogens with one attached hydrogen (secondary N) is 2. The van der Waals surface area contributed by atoms with Crippen LogP contribution in [0, 0.1) is 0 Å². The fourth-order valence-corrected chi connectivity index (χ4v) is 2.86. The second-order valence-corrected chi connectivity index (χ2v) is 8.45. The number of carbonyl (C=O) groups is 2. The monoisotopic (exact) mass is 396 g/mol. The van der Waals surface area contributed by atoms with Gasteiger partial charge in [-0.25, -0.2) is 0 Å². The Labute approximate surface area is 173 Å². The van der Waals surface area contributed by atoms with Crippen LogP contribution in [0.1, 0.15) is 63.9 Å². The molecule has 1 atom stereocenters. The number of carbonyl (C=O) groups excluding carboxylic acids is 2. The number of anilines is 1. The Morgan fingerprint density at radius 2 is 1.62 bits per heavy atom. The summed E-state index contributed by atoms with van der Waals surface area (Å²) < 4.78 is 5.92. The highest BCUT2D eigenvalue weighted by molar-refractivity contribution is 6.04. The molecule has 0 fully saturated rings. The van der Waals surface area contributed by atoms with E-state index >= 15 is 0 Å². The summed E-state index contributed by atoms with van der Waals surface area (Å²) in [4.78, 5) is 25.2. The molecule has 0 unspecified atom stereocenters. The molecule has 0 saturated heterocycles. The highest BCUT2D eigenvalue weighted by Gasteiger charge is 2.21. The Kier molecular flexibility index (Phi) is 7.43. The van der Waals surface area contributed by atoms with Gasteiger partial charge >= 0.3 is 0 Å². The summed E-state index contributed by atoms with van der Waals surface area (Å²) in [5.41, 5.74) is 2.16. The van der Waals surface area contributed by atoms with Crippen LogP contribution in [0.4, 0.5) is 5.69 Å². The lowest BCUT2D eigenvalue weighted by molar-refractivity contribution is -0.122. The fraction of sp³-hybridized carbons (Fsp3) is 0.417. The highest BCUT2D eigenvalue weighted by atomic mass is 16.5. The van der Waals surface area contributed by atoms with Crippen LogP contribution in [0.25, 0.3) is 0 Å². The van der Waals surface area contributed by atoms with Crippen LogP contribution in [0.15, 0.2) is 48.5 Å². The van der Waals surface area contributed by atoms with Gasteiger partial charge < -0.3 is 15.4 Å². The summed E-state index contributed by atoms with van der Waals surface area (Å²) in [5, 5.41) is 5.70. The van der Waals surface area contributed by atoms with Gasteiger partial charge in [0.25, 0.3) is 11.8 Å². The molecule has 0 aliphatic carbocycles. The zero-order valence-electron chi connectivity index (χ0n) is 18.2. The average molecular weight is 397 g/mol. The first kappa shape index (κ1) is 22.5. The zero-order valence-corrected chi connectivity index (χ0v) is 18.2. The molecule has 2 aromatic rings. The van der Waals surface area contributed by atoms with Crippen molar-refractivity contribution >= 4 is 17.5 Å². The van der Waals surface area contributed by atoms with Crippen molar-refractivity contribution in [1.82, 2.24) is 5.32 Å². The third kappa shape index (κ3) is 6.34. The van der Waals surface area contributed by atoms with Gasteiger partial charge in [0.05, 0.1) is 11.3 Å². The third-order valence-electron chi connectivity index (χ3n) is 4.51. The molecule has 0 aliphatic heterocycles. The first-order valence-electron chi connectivity index (χ1n) is 10.1. The van der Waals surface area contributed by atoms with Crippen molar-refractivity contribution in [3.8, 4) is 5.75 Å². The van der Waals surface area contributed by atoms with E-state index in [-0.39, 0.29) is 23.3 Å². The van der Waals surface area contributed by atoms with Crippen LogP contribution in [-0.2, 0) is 10.2 Å². The largest absolute Gasteiger partial charge is 0.481 e. The van der Waals surface area contributed by atoms with E-state index in [9.17, 15) is 9.59 Å². The maximum atomic E-state index is 12.8. The van der Waals surface area contributed by atoms with Crippen molar-refractivity contribution in [2.45, 2.75) is 65.5 Å². The van der Waals surface area contributed by atoms with E-state index in [1.54, 1.807) is 24.3 Å². The first-order chi connectivity index (χ1) is 13.6. The van der Waals surface area contributed by atoms with E-state index in [4.69, 9.17) is 4.74 Å². The molecule has 5 heteroatoms. The fourth-order valence-electron chi connectivity index (χ4n) is 2.86. The third-order valence-corrected chi connectivity index (χ3v) is 4.51. The minimum atomic E-state index is -0.656. The normalized spacial score (nSPS) is 12.4. The van der Waals surface area contributed by atoms with Crippen LogP contribution in [0.5, 0.6) is 5.75 Å². The maximum Gasteiger partial charge on any atom is 0.265 e. The van der Waals surface area contributed by atoms with Gasteiger partial charge in [0.2, 0.25) is 0 Å². The van der Waals surface area contributed by atoms with Gasteiger partial charge in [-0.15, -0.1) is 0 Å². The Bertz CT molecular complexity index is 836. The van der Waals surface area contributed by atoms with Crippen molar-refractivity contribution in [2.24, 2.45) is 0 Å².